The Bertz CT molecular complexity index is 377. The van der Waals surface area contributed by atoms with Gasteiger partial charge in [0.05, 0.1) is 5.69 Å². The van der Waals surface area contributed by atoms with Crippen molar-refractivity contribution in [1.82, 2.24) is 9.78 Å². The average molecular weight is 259 g/mol. The molecule has 1 atom stereocenters. The summed E-state index contributed by atoms with van der Waals surface area (Å²) < 4.78 is 6.68. The van der Waals surface area contributed by atoms with Crippen molar-refractivity contribution in [3.05, 3.63) is 17.5 Å². The van der Waals surface area contributed by atoms with Crippen LogP contribution in [-0.4, -0.2) is 21.3 Å². The van der Waals surface area contributed by atoms with Crippen molar-refractivity contribution in [2.75, 3.05) is 0 Å². The highest BCUT2D eigenvalue weighted by atomic mass is 35.5. The summed E-state index contributed by atoms with van der Waals surface area (Å²) in [4.78, 5) is 11.8. The van der Waals surface area contributed by atoms with Gasteiger partial charge in [0.25, 0.3) is 0 Å². The number of aryl methyl sites for hydroxylation is 2. The first-order chi connectivity index (χ1) is 8.08. The maximum Gasteiger partial charge on any atom is 0.358 e. The largest absolute Gasteiger partial charge is 0.441 e. The number of carbonyl (C=O) groups is 1. The number of nitrogens with zero attached hydrogens (tertiary/aromatic N) is 2. The molecule has 0 N–H and O–H groups in total. The molecule has 0 saturated heterocycles. The summed E-state index contributed by atoms with van der Waals surface area (Å²) >= 11 is 5.92. The summed E-state index contributed by atoms with van der Waals surface area (Å²) in [6, 6.07) is 1.74. The number of ether oxygens (including phenoxy) is 1. The Morgan fingerprint density at radius 1 is 1.59 bits per heavy atom. The maximum atomic E-state index is 11.8. The van der Waals surface area contributed by atoms with Gasteiger partial charge in [-0.05, 0) is 25.3 Å². The third-order valence-electron chi connectivity index (χ3n) is 2.52. The third-order valence-corrected chi connectivity index (χ3v) is 2.83. The maximum absolute atomic E-state index is 11.8. The van der Waals surface area contributed by atoms with Gasteiger partial charge in [-0.2, -0.15) is 5.10 Å². The van der Waals surface area contributed by atoms with Gasteiger partial charge in [-0.1, -0.05) is 31.9 Å². The molecule has 0 fully saturated rings. The van der Waals surface area contributed by atoms with Gasteiger partial charge < -0.3 is 4.74 Å². The lowest BCUT2D eigenvalue weighted by atomic mass is 10.2. The molecule has 1 unspecified atom stereocenters. The molecule has 5 heteroatoms. The predicted octanol–water partition coefficient (Wildman–Crippen LogP) is 2.89. The van der Waals surface area contributed by atoms with Gasteiger partial charge in [0.15, 0.2) is 5.56 Å². The lowest BCUT2D eigenvalue weighted by molar-refractivity contribution is 0.0421. The quantitative estimate of drug-likeness (QED) is 0.582. The van der Waals surface area contributed by atoms with Crippen LogP contribution < -0.4 is 0 Å². The molecule has 1 rings (SSSR count). The van der Waals surface area contributed by atoms with Gasteiger partial charge in [-0.15, -0.1) is 0 Å². The number of carbonyl (C=O) groups excluding carboxylic acids is 1. The lowest BCUT2D eigenvalue weighted by Crippen LogP contribution is -2.16. The van der Waals surface area contributed by atoms with Crippen molar-refractivity contribution in [3.63, 3.8) is 0 Å². The number of unbranched alkanes of at least 4 members (excludes halogenated alkanes) is 1. The molecule has 0 bridgehead atoms. The molecule has 0 saturated carbocycles. The molecule has 0 spiro atoms. The number of aromatic nitrogens is 2. The third kappa shape index (κ3) is 4.04. The number of esters is 1. The fourth-order valence-corrected chi connectivity index (χ4v) is 1.73. The fraction of sp³-hybridized carbons (Fsp3) is 0.667. The minimum Gasteiger partial charge on any atom is -0.441 e. The Morgan fingerprint density at radius 2 is 2.29 bits per heavy atom. The molecule has 4 nitrogen and oxygen atoms in total. The number of rotatable bonds is 6. The zero-order valence-electron chi connectivity index (χ0n) is 10.6. The van der Waals surface area contributed by atoms with Crippen LogP contribution in [0.15, 0.2) is 6.07 Å². The highest BCUT2D eigenvalue weighted by molar-refractivity contribution is 6.20. The Labute approximate surface area is 107 Å². The normalized spacial score (nSPS) is 12.5. The molecular weight excluding hydrogens is 240 g/mol. The van der Waals surface area contributed by atoms with Crippen LogP contribution in [0.2, 0.25) is 0 Å². The first-order valence-corrected chi connectivity index (χ1v) is 6.40. The van der Waals surface area contributed by atoms with E-state index in [1.54, 1.807) is 13.1 Å². The van der Waals surface area contributed by atoms with E-state index >= 15 is 0 Å². The first kappa shape index (κ1) is 14.0. The van der Waals surface area contributed by atoms with Crippen molar-refractivity contribution in [1.29, 1.82) is 0 Å². The highest BCUT2D eigenvalue weighted by Crippen LogP contribution is 2.13. The van der Waals surface area contributed by atoms with Gasteiger partial charge in [-0.25, -0.2) is 4.79 Å². The molecule has 0 aliphatic carbocycles. The molecule has 96 valence electrons. The fourth-order valence-electron chi connectivity index (χ4n) is 1.49. The summed E-state index contributed by atoms with van der Waals surface area (Å²) in [6.07, 6.45) is 3.46. The minimum atomic E-state index is -0.553. The van der Waals surface area contributed by atoms with Crippen molar-refractivity contribution in [3.8, 4) is 0 Å². The molecule has 0 radical (unpaired) electrons. The standard InChI is InChI=1S/C12H19ClN2O2/c1-4-6-7-11(13)17-12(16)10-8-9(5-2)14-15(10)3/h8,11H,4-7H2,1-3H3. The number of hydrogen-bond donors (Lipinski definition) is 0. The van der Waals surface area contributed by atoms with Crippen LogP contribution in [0.5, 0.6) is 0 Å². The Balaban J connectivity index is 2.59. The summed E-state index contributed by atoms with van der Waals surface area (Å²) in [5.41, 5.74) is 0.769. The molecule has 0 aromatic carbocycles. The highest BCUT2D eigenvalue weighted by Gasteiger charge is 2.17. The Kier molecular flexibility index (Phi) is 5.48. The van der Waals surface area contributed by atoms with Crippen molar-refractivity contribution in [2.45, 2.75) is 45.1 Å². The van der Waals surface area contributed by atoms with Crippen LogP contribution in [0.25, 0.3) is 0 Å². The van der Waals surface area contributed by atoms with E-state index in [1.807, 2.05) is 6.92 Å². The smallest absolute Gasteiger partial charge is 0.358 e. The summed E-state index contributed by atoms with van der Waals surface area (Å²) in [6.45, 7) is 4.06. The number of halogens is 1. The molecule has 0 amide bonds. The SMILES string of the molecule is CCCCC(Cl)OC(=O)c1cc(CC)nn1C. The van der Waals surface area contributed by atoms with Crippen LogP contribution in [0.4, 0.5) is 0 Å². The van der Waals surface area contributed by atoms with Crippen LogP contribution in [-0.2, 0) is 18.2 Å². The van der Waals surface area contributed by atoms with Gasteiger partial charge in [-0.3, -0.25) is 4.68 Å². The van der Waals surface area contributed by atoms with Crippen LogP contribution in [0.3, 0.4) is 0 Å². The summed E-state index contributed by atoms with van der Waals surface area (Å²) in [7, 11) is 1.73. The van der Waals surface area contributed by atoms with Crippen molar-refractivity contribution >= 4 is 17.6 Å². The Morgan fingerprint density at radius 3 is 2.82 bits per heavy atom. The van der Waals surface area contributed by atoms with E-state index in [9.17, 15) is 4.79 Å². The lowest BCUT2D eigenvalue weighted by Gasteiger charge is -2.10. The van der Waals surface area contributed by atoms with Crippen LogP contribution in [0.1, 0.15) is 49.3 Å². The number of alkyl halides is 1. The molecular formula is C12H19ClN2O2. The minimum absolute atomic E-state index is 0.407. The molecule has 1 heterocycles. The zero-order chi connectivity index (χ0) is 12.8. The summed E-state index contributed by atoms with van der Waals surface area (Å²) in [5.74, 6) is -0.407. The predicted molar refractivity (Wildman–Crippen MR) is 67.2 cm³/mol. The van der Waals surface area contributed by atoms with E-state index in [0.717, 1.165) is 25.0 Å². The summed E-state index contributed by atoms with van der Waals surface area (Å²) in [5, 5.41) is 4.19. The van der Waals surface area contributed by atoms with Crippen LogP contribution >= 0.6 is 11.6 Å². The van der Waals surface area contributed by atoms with Gasteiger partial charge in [0.2, 0.25) is 0 Å². The zero-order valence-corrected chi connectivity index (χ0v) is 11.3. The second-order valence-electron chi connectivity index (χ2n) is 3.96. The van der Waals surface area contributed by atoms with Gasteiger partial charge >= 0.3 is 5.97 Å². The van der Waals surface area contributed by atoms with E-state index in [0.29, 0.717) is 12.1 Å². The average Bonchev–Trinajstić information content (AvgIpc) is 2.68. The molecule has 1 aromatic rings. The molecule has 0 aliphatic heterocycles. The monoisotopic (exact) mass is 258 g/mol. The van der Waals surface area contributed by atoms with Crippen LogP contribution in [0, 0.1) is 0 Å². The molecule has 0 aliphatic rings. The van der Waals surface area contributed by atoms with E-state index in [-0.39, 0.29) is 0 Å². The van der Waals surface area contributed by atoms with E-state index in [1.165, 1.54) is 4.68 Å². The topological polar surface area (TPSA) is 44.1 Å². The van der Waals surface area contributed by atoms with E-state index in [4.69, 9.17) is 16.3 Å². The van der Waals surface area contributed by atoms with Crippen molar-refractivity contribution in [2.24, 2.45) is 7.05 Å². The van der Waals surface area contributed by atoms with Gasteiger partial charge in [0.1, 0.15) is 5.69 Å². The molecule has 1 aromatic heterocycles. The second kappa shape index (κ2) is 6.64. The number of hydrogen-bond acceptors (Lipinski definition) is 3. The molecule has 17 heavy (non-hydrogen) atoms. The van der Waals surface area contributed by atoms with Gasteiger partial charge in [0, 0.05) is 7.05 Å². The Hall–Kier alpha value is -1.03. The van der Waals surface area contributed by atoms with E-state index < -0.39 is 11.5 Å². The van der Waals surface area contributed by atoms with Crippen molar-refractivity contribution < 1.29 is 9.53 Å². The second-order valence-corrected chi connectivity index (χ2v) is 4.44. The first-order valence-electron chi connectivity index (χ1n) is 5.96. The van der Waals surface area contributed by atoms with E-state index in [2.05, 4.69) is 12.0 Å².